The van der Waals surface area contributed by atoms with E-state index in [4.69, 9.17) is 10.9 Å². The van der Waals surface area contributed by atoms with Crippen LogP contribution in [0.15, 0.2) is 22.1 Å². The molecule has 8 nitrogen and oxygen atoms in total. The van der Waals surface area contributed by atoms with E-state index in [9.17, 15) is 9.59 Å². The molecule has 4 N–H and O–H groups in total. The van der Waals surface area contributed by atoms with Gasteiger partial charge in [0.15, 0.2) is 5.84 Å². The van der Waals surface area contributed by atoms with Crippen LogP contribution in [0.1, 0.15) is 17.4 Å². The maximum Gasteiger partial charge on any atom is 0.274 e. The van der Waals surface area contributed by atoms with Crippen molar-refractivity contribution in [3.05, 3.63) is 28.2 Å². The van der Waals surface area contributed by atoms with Gasteiger partial charge in [0.25, 0.3) is 11.5 Å². The van der Waals surface area contributed by atoms with E-state index in [1.54, 1.807) is 6.92 Å². The molecule has 0 aliphatic heterocycles. The van der Waals surface area contributed by atoms with Gasteiger partial charge in [0.2, 0.25) is 0 Å². The lowest BCUT2D eigenvalue weighted by atomic mass is 10.2. The maximum absolute atomic E-state index is 11.9. The number of likely N-dealkylation sites (N-methyl/N-ethyl adjacent to an activating group) is 1. The van der Waals surface area contributed by atoms with Gasteiger partial charge in [0, 0.05) is 13.1 Å². The molecule has 0 bridgehead atoms. The molecule has 8 heteroatoms. The smallest absolute Gasteiger partial charge is 0.274 e. The Hall–Kier alpha value is -2.38. The third-order valence-electron chi connectivity index (χ3n) is 2.34. The zero-order chi connectivity index (χ0) is 13.0. The second-order valence-electron chi connectivity index (χ2n) is 3.42. The van der Waals surface area contributed by atoms with Crippen molar-refractivity contribution in [2.75, 3.05) is 7.05 Å². The van der Waals surface area contributed by atoms with Gasteiger partial charge >= 0.3 is 0 Å². The Labute approximate surface area is 96.7 Å². The predicted molar refractivity (Wildman–Crippen MR) is 59.8 cm³/mol. The monoisotopic (exact) mass is 239 g/mol. The Morgan fingerprint density at radius 3 is 2.76 bits per heavy atom. The van der Waals surface area contributed by atoms with Crippen LogP contribution >= 0.6 is 0 Å². The predicted octanol–water partition coefficient (Wildman–Crippen LogP) is -1.02. The molecule has 1 aromatic heterocycles. The number of aromatic nitrogens is 2. The van der Waals surface area contributed by atoms with E-state index in [-0.39, 0.29) is 11.5 Å². The molecule has 1 heterocycles. The first-order valence-electron chi connectivity index (χ1n) is 4.77. The van der Waals surface area contributed by atoms with Gasteiger partial charge in [-0.25, -0.2) is 5.10 Å². The fourth-order valence-electron chi connectivity index (χ4n) is 1.10. The molecule has 1 unspecified atom stereocenters. The van der Waals surface area contributed by atoms with Crippen LogP contribution in [0.4, 0.5) is 0 Å². The number of hydrogen-bond donors (Lipinski definition) is 3. The van der Waals surface area contributed by atoms with E-state index < -0.39 is 17.5 Å². The number of carbonyl (C=O) groups excluding carboxylic acids is 1. The summed E-state index contributed by atoms with van der Waals surface area (Å²) >= 11 is 0. The highest BCUT2D eigenvalue weighted by Gasteiger charge is 2.21. The van der Waals surface area contributed by atoms with Crippen LogP contribution in [0.5, 0.6) is 0 Å². The molecule has 0 spiro atoms. The summed E-state index contributed by atoms with van der Waals surface area (Å²) in [4.78, 5) is 23.9. The van der Waals surface area contributed by atoms with Gasteiger partial charge in [0.1, 0.15) is 5.69 Å². The molecular weight excluding hydrogens is 226 g/mol. The number of amides is 1. The van der Waals surface area contributed by atoms with Crippen molar-refractivity contribution in [2.45, 2.75) is 13.0 Å². The van der Waals surface area contributed by atoms with Crippen molar-refractivity contribution in [3.63, 3.8) is 0 Å². The lowest BCUT2D eigenvalue weighted by Crippen LogP contribution is -2.44. The highest BCUT2D eigenvalue weighted by atomic mass is 16.4. The Balaban J connectivity index is 2.90. The van der Waals surface area contributed by atoms with Gasteiger partial charge in [-0.05, 0) is 13.0 Å². The number of oxime groups is 1. The zero-order valence-corrected chi connectivity index (χ0v) is 9.41. The number of rotatable bonds is 3. The average Bonchev–Trinajstić information content (AvgIpc) is 2.36. The van der Waals surface area contributed by atoms with Gasteiger partial charge in [-0.2, -0.15) is 5.10 Å². The van der Waals surface area contributed by atoms with E-state index in [1.807, 2.05) is 0 Å². The number of hydrogen-bond acceptors (Lipinski definition) is 5. The van der Waals surface area contributed by atoms with Crippen LogP contribution in [0.2, 0.25) is 0 Å². The van der Waals surface area contributed by atoms with E-state index in [0.717, 1.165) is 0 Å². The normalized spacial score (nSPS) is 13.2. The Bertz CT molecular complexity index is 475. The van der Waals surface area contributed by atoms with Crippen LogP contribution < -0.4 is 11.3 Å². The summed E-state index contributed by atoms with van der Waals surface area (Å²) in [5, 5.41) is 17.1. The molecule has 0 aliphatic rings. The second kappa shape index (κ2) is 5.10. The molecule has 0 aromatic carbocycles. The summed E-state index contributed by atoms with van der Waals surface area (Å²) in [5.74, 6) is -0.536. The lowest BCUT2D eigenvalue weighted by molar-refractivity contribution is 0.0769. The molecular formula is C9H13N5O3. The summed E-state index contributed by atoms with van der Waals surface area (Å²) in [6.45, 7) is 1.60. The molecule has 1 aromatic rings. The molecule has 92 valence electrons. The number of nitrogens with one attached hydrogen (secondary N) is 1. The summed E-state index contributed by atoms with van der Waals surface area (Å²) in [6.07, 6.45) is 0. The molecule has 0 radical (unpaired) electrons. The van der Waals surface area contributed by atoms with Crippen LogP contribution in [0.3, 0.4) is 0 Å². The third-order valence-corrected chi connectivity index (χ3v) is 2.34. The van der Waals surface area contributed by atoms with E-state index >= 15 is 0 Å². The topological polar surface area (TPSA) is 125 Å². The van der Waals surface area contributed by atoms with Crippen molar-refractivity contribution < 1.29 is 10.0 Å². The Morgan fingerprint density at radius 1 is 1.65 bits per heavy atom. The van der Waals surface area contributed by atoms with E-state index in [2.05, 4.69) is 15.4 Å². The summed E-state index contributed by atoms with van der Waals surface area (Å²) < 4.78 is 0. The van der Waals surface area contributed by atoms with Gasteiger partial charge in [-0.1, -0.05) is 5.16 Å². The lowest BCUT2D eigenvalue weighted by Gasteiger charge is -2.22. The third kappa shape index (κ3) is 2.80. The molecule has 1 amide bonds. The first-order chi connectivity index (χ1) is 7.97. The first-order valence-corrected chi connectivity index (χ1v) is 4.77. The summed E-state index contributed by atoms with van der Waals surface area (Å²) in [7, 11) is 1.48. The summed E-state index contributed by atoms with van der Waals surface area (Å²) in [6, 6.07) is 1.92. The molecule has 0 saturated heterocycles. The number of carbonyl (C=O) groups is 1. The van der Waals surface area contributed by atoms with Crippen molar-refractivity contribution in [1.29, 1.82) is 0 Å². The average molecular weight is 239 g/mol. The quantitative estimate of drug-likeness (QED) is 0.269. The highest BCUT2D eigenvalue weighted by molar-refractivity contribution is 5.96. The molecule has 0 aliphatic carbocycles. The van der Waals surface area contributed by atoms with Crippen molar-refractivity contribution in [1.82, 2.24) is 15.1 Å². The largest absolute Gasteiger partial charge is 0.409 e. The van der Waals surface area contributed by atoms with Gasteiger partial charge < -0.3 is 15.8 Å². The first kappa shape index (κ1) is 12.7. The second-order valence-corrected chi connectivity index (χ2v) is 3.42. The van der Waals surface area contributed by atoms with Gasteiger partial charge in [-0.3, -0.25) is 9.59 Å². The van der Waals surface area contributed by atoms with E-state index in [1.165, 1.54) is 24.1 Å². The minimum absolute atomic E-state index is 0.0738. The van der Waals surface area contributed by atoms with Gasteiger partial charge in [0.05, 0.1) is 6.04 Å². The molecule has 0 fully saturated rings. The van der Waals surface area contributed by atoms with Crippen LogP contribution in [0.25, 0.3) is 0 Å². The number of aromatic amines is 1. The fourth-order valence-corrected chi connectivity index (χ4v) is 1.10. The van der Waals surface area contributed by atoms with Crippen LogP contribution in [-0.2, 0) is 0 Å². The standard InChI is InChI=1S/C9H13N5O3/c1-5(8(10)13-17)14(2)9(16)6-3-4-7(15)12-11-6/h3-5,17H,1-2H3,(H2,10,13)(H,12,15). The fraction of sp³-hybridized carbons (Fsp3) is 0.333. The Kier molecular flexibility index (Phi) is 3.81. The van der Waals surface area contributed by atoms with Crippen molar-refractivity contribution >= 4 is 11.7 Å². The zero-order valence-electron chi connectivity index (χ0n) is 9.41. The molecule has 0 saturated carbocycles. The van der Waals surface area contributed by atoms with Crippen LogP contribution in [-0.4, -0.2) is 45.1 Å². The number of nitrogens with two attached hydrogens (primary N) is 1. The number of H-pyrrole nitrogens is 1. The molecule has 1 atom stereocenters. The minimum Gasteiger partial charge on any atom is -0.409 e. The Morgan fingerprint density at radius 2 is 2.29 bits per heavy atom. The van der Waals surface area contributed by atoms with Crippen molar-refractivity contribution in [2.24, 2.45) is 10.9 Å². The number of amidine groups is 1. The summed E-state index contributed by atoms with van der Waals surface area (Å²) in [5.41, 5.74) is 5.06. The van der Waals surface area contributed by atoms with E-state index in [0.29, 0.717) is 0 Å². The maximum atomic E-state index is 11.9. The van der Waals surface area contributed by atoms with Crippen LogP contribution in [0, 0.1) is 0 Å². The molecule has 1 rings (SSSR count). The van der Waals surface area contributed by atoms with Gasteiger partial charge in [-0.15, -0.1) is 0 Å². The minimum atomic E-state index is -0.582. The SMILES string of the molecule is CC(/C(N)=N/O)N(C)C(=O)c1ccc(=O)[nH]n1. The van der Waals surface area contributed by atoms with Crippen molar-refractivity contribution in [3.8, 4) is 0 Å². The molecule has 17 heavy (non-hydrogen) atoms. The highest BCUT2D eigenvalue weighted by Crippen LogP contribution is 2.02. The number of nitrogens with zero attached hydrogens (tertiary/aromatic N) is 3.